The molecule has 1 heterocycles. The number of nitrogen functional groups attached to an aromatic ring is 1. The van der Waals surface area contributed by atoms with Gasteiger partial charge in [0.15, 0.2) is 4.88 Å². The molecular weight excluding hydrogens is 377 g/mol. The summed E-state index contributed by atoms with van der Waals surface area (Å²) in [4.78, 5) is 11.1. The molecule has 27 heavy (non-hydrogen) atoms. The number of alkyl halides is 3. The number of aromatic nitrogens is 1. The first-order chi connectivity index (χ1) is 12.7. The maximum atomic E-state index is 13.0. The summed E-state index contributed by atoms with van der Waals surface area (Å²) in [5, 5.41) is 9.11. The van der Waals surface area contributed by atoms with E-state index in [-0.39, 0.29) is 10.6 Å². The number of nitrogens with zero attached hydrogens (tertiary/aromatic N) is 1. The molecule has 0 spiro atoms. The number of carboxylic acids is 1. The van der Waals surface area contributed by atoms with Crippen LogP contribution in [0.1, 0.15) is 27.7 Å². The lowest BCUT2D eigenvalue weighted by Crippen LogP contribution is -2.04. The maximum Gasteiger partial charge on any atom is 0.416 e. The monoisotopic (exact) mass is 392 g/mol. The van der Waals surface area contributed by atoms with Gasteiger partial charge in [-0.2, -0.15) is 17.5 Å². The first-order valence-electron chi connectivity index (χ1n) is 8.01. The minimum Gasteiger partial charge on any atom is -0.477 e. The van der Waals surface area contributed by atoms with E-state index in [9.17, 15) is 18.0 Å². The highest BCUT2D eigenvalue weighted by molar-refractivity contribution is 7.09. The number of anilines is 1. The number of hydrogen-bond donors (Lipinski definition) is 2. The number of aromatic carboxylic acids is 1. The van der Waals surface area contributed by atoms with Crippen LogP contribution in [0, 0.1) is 0 Å². The van der Waals surface area contributed by atoms with E-state index in [1.54, 1.807) is 24.3 Å². The van der Waals surface area contributed by atoms with Crippen molar-refractivity contribution in [2.24, 2.45) is 0 Å². The van der Waals surface area contributed by atoms with Gasteiger partial charge in [0, 0.05) is 5.56 Å². The lowest BCUT2D eigenvalue weighted by atomic mass is 9.94. The van der Waals surface area contributed by atoms with Crippen molar-refractivity contribution in [3.63, 3.8) is 0 Å². The molecule has 0 aliphatic rings. The SMILES string of the molecule is CCc1cc(-c2nsc(C(=O)O)c2N)ccc1-c1cccc(C(F)(F)F)c1. The Morgan fingerprint density at radius 3 is 2.52 bits per heavy atom. The van der Waals surface area contributed by atoms with Crippen molar-refractivity contribution in [1.29, 1.82) is 0 Å². The molecule has 4 nitrogen and oxygen atoms in total. The number of carboxylic acid groups (broad SMARTS) is 1. The fourth-order valence-electron chi connectivity index (χ4n) is 2.84. The number of aryl methyl sites for hydroxylation is 1. The lowest BCUT2D eigenvalue weighted by Gasteiger charge is -2.13. The molecule has 0 aliphatic heterocycles. The van der Waals surface area contributed by atoms with Crippen LogP contribution in [0.5, 0.6) is 0 Å². The van der Waals surface area contributed by atoms with Crippen molar-refractivity contribution in [3.05, 3.63) is 58.5 Å². The zero-order valence-corrected chi connectivity index (χ0v) is 15.0. The third-order valence-electron chi connectivity index (χ3n) is 4.18. The molecule has 0 fully saturated rings. The van der Waals surface area contributed by atoms with Crippen LogP contribution in [0.2, 0.25) is 0 Å². The first-order valence-corrected chi connectivity index (χ1v) is 8.79. The molecule has 0 aliphatic carbocycles. The van der Waals surface area contributed by atoms with Crippen LogP contribution in [0.3, 0.4) is 0 Å². The van der Waals surface area contributed by atoms with Crippen LogP contribution in [0.25, 0.3) is 22.4 Å². The Kier molecular flexibility index (Phi) is 4.93. The van der Waals surface area contributed by atoms with Gasteiger partial charge in [0.25, 0.3) is 0 Å². The molecule has 3 N–H and O–H groups in total. The molecule has 3 aromatic rings. The molecule has 0 bridgehead atoms. The molecule has 0 atom stereocenters. The third kappa shape index (κ3) is 3.66. The Morgan fingerprint density at radius 2 is 1.93 bits per heavy atom. The topological polar surface area (TPSA) is 76.2 Å². The predicted octanol–water partition coefficient (Wildman–Crippen LogP) is 5.34. The molecule has 0 radical (unpaired) electrons. The van der Waals surface area contributed by atoms with E-state index in [0.717, 1.165) is 29.2 Å². The van der Waals surface area contributed by atoms with E-state index in [1.807, 2.05) is 6.92 Å². The molecule has 3 rings (SSSR count). The number of rotatable bonds is 4. The minimum absolute atomic E-state index is 0.0370. The van der Waals surface area contributed by atoms with E-state index in [4.69, 9.17) is 10.8 Å². The second-order valence-corrected chi connectivity index (χ2v) is 6.66. The van der Waals surface area contributed by atoms with Crippen LogP contribution in [0.4, 0.5) is 18.9 Å². The smallest absolute Gasteiger partial charge is 0.416 e. The third-order valence-corrected chi connectivity index (χ3v) is 5.03. The highest BCUT2D eigenvalue weighted by atomic mass is 32.1. The quantitative estimate of drug-likeness (QED) is 0.628. The second-order valence-electron chi connectivity index (χ2n) is 5.88. The highest BCUT2D eigenvalue weighted by Crippen LogP contribution is 2.36. The number of carbonyl (C=O) groups is 1. The molecule has 0 amide bonds. The van der Waals surface area contributed by atoms with Crippen LogP contribution in [-0.4, -0.2) is 15.4 Å². The average molecular weight is 392 g/mol. The lowest BCUT2D eigenvalue weighted by molar-refractivity contribution is -0.137. The molecule has 140 valence electrons. The van der Waals surface area contributed by atoms with Crippen LogP contribution in [0.15, 0.2) is 42.5 Å². The summed E-state index contributed by atoms with van der Waals surface area (Å²) in [7, 11) is 0. The molecule has 0 saturated carbocycles. The van der Waals surface area contributed by atoms with Gasteiger partial charge in [-0.05, 0) is 52.8 Å². The largest absolute Gasteiger partial charge is 0.477 e. The average Bonchev–Trinajstić information content (AvgIpc) is 3.02. The van der Waals surface area contributed by atoms with Crippen molar-refractivity contribution in [3.8, 4) is 22.4 Å². The number of hydrogen-bond acceptors (Lipinski definition) is 4. The fraction of sp³-hybridized carbons (Fsp3) is 0.158. The zero-order chi connectivity index (χ0) is 19.8. The minimum atomic E-state index is -4.41. The van der Waals surface area contributed by atoms with Gasteiger partial charge < -0.3 is 10.8 Å². The molecule has 0 unspecified atom stereocenters. The van der Waals surface area contributed by atoms with Crippen LogP contribution < -0.4 is 5.73 Å². The van der Waals surface area contributed by atoms with Gasteiger partial charge >= 0.3 is 12.1 Å². The van der Waals surface area contributed by atoms with Crippen LogP contribution >= 0.6 is 11.5 Å². The van der Waals surface area contributed by atoms with Crippen molar-refractivity contribution < 1.29 is 23.1 Å². The Bertz CT molecular complexity index is 1010. The summed E-state index contributed by atoms with van der Waals surface area (Å²) in [6.45, 7) is 1.89. The van der Waals surface area contributed by atoms with Crippen molar-refractivity contribution in [1.82, 2.24) is 4.37 Å². The normalized spacial score (nSPS) is 11.6. The Hall–Kier alpha value is -2.87. The zero-order valence-electron chi connectivity index (χ0n) is 14.2. The summed E-state index contributed by atoms with van der Waals surface area (Å²) in [6, 6.07) is 10.3. The standard InChI is InChI=1S/C19H15F3N2O2S/c1-2-10-8-12(16-15(23)17(18(25)26)27-24-16)6-7-14(10)11-4-3-5-13(9-11)19(20,21)22/h3-9H,2,23H2,1H3,(H,25,26). The molecular formula is C19H15F3N2O2S. The first kappa shape index (κ1) is 18.9. The van der Waals surface area contributed by atoms with Gasteiger partial charge in [-0.25, -0.2) is 4.79 Å². The van der Waals surface area contributed by atoms with E-state index >= 15 is 0 Å². The van der Waals surface area contributed by atoms with Crippen molar-refractivity contribution >= 4 is 23.2 Å². The fourth-order valence-corrected chi connectivity index (χ4v) is 3.50. The Labute approximate surface area is 157 Å². The van der Waals surface area contributed by atoms with E-state index in [2.05, 4.69) is 4.37 Å². The van der Waals surface area contributed by atoms with Gasteiger partial charge in [-0.1, -0.05) is 31.2 Å². The summed E-state index contributed by atoms with van der Waals surface area (Å²) in [5.41, 5.74) is 8.22. The van der Waals surface area contributed by atoms with Gasteiger partial charge in [0.1, 0.15) is 5.69 Å². The summed E-state index contributed by atoms with van der Waals surface area (Å²) >= 11 is 0.798. The van der Waals surface area contributed by atoms with E-state index < -0.39 is 17.7 Å². The predicted molar refractivity (Wildman–Crippen MR) is 98.7 cm³/mol. The Morgan fingerprint density at radius 1 is 1.19 bits per heavy atom. The number of nitrogens with two attached hydrogens (primary N) is 1. The molecule has 0 saturated heterocycles. The van der Waals surface area contributed by atoms with Gasteiger partial charge in [-0.15, -0.1) is 0 Å². The summed E-state index contributed by atoms with van der Waals surface area (Å²) in [6.07, 6.45) is -3.83. The van der Waals surface area contributed by atoms with Crippen molar-refractivity contribution in [2.75, 3.05) is 5.73 Å². The molecule has 2 aromatic carbocycles. The van der Waals surface area contributed by atoms with Crippen molar-refractivity contribution in [2.45, 2.75) is 19.5 Å². The van der Waals surface area contributed by atoms with Gasteiger partial charge in [0.2, 0.25) is 0 Å². The summed E-state index contributed by atoms with van der Waals surface area (Å²) in [5.74, 6) is -1.15. The van der Waals surface area contributed by atoms with Gasteiger partial charge in [0.05, 0.1) is 11.3 Å². The second kappa shape index (κ2) is 7.03. The molecule has 8 heteroatoms. The Balaban J connectivity index is 2.07. The van der Waals surface area contributed by atoms with Crippen LogP contribution in [-0.2, 0) is 12.6 Å². The number of halogens is 3. The highest BCUT2D eigenvalue weighted by Gasteiger charge is 2.30. The summed E-state index contributed by atoms with van der Waals surface area (Å²) < 4.78 is 43.1. The number of benzene rings is 2. The van der Waals surface area contributed by atoms with E-state index in [0.29, 0.717) is 28.8 Å². The molecule has 1 aromatic heterocycles. The maximum absolute atomic E-state index is 13.0. The van der Waals surface area contributed by atoms with Gasteiger partial charge in [-0.3, -0.25) is 0 Å². The van der Waals surface area contributed by atoms with E-state index in [1.165, 1.54) is 6.07 Å².